The van der Waals surface area contributed by atoms with Gasteiger partial charge >= 0.3 is 0 Å². The molecule has 0 fully saturated rings. The van der Waals surface area contributed by atoms with Gasteiger partial charge in [-0.25, -0.2) is 4.57 Å². The minimum Gasteiger partial charge on any atom is -0.508 e. The Morgan fingerprint density at radius 1 is 1.26 bits per heavy atom. The van der Waals surface area contributed by atoms with Crippen molar-refractivity contribution in [1.29, 1.82) is 0 Å². The second-order valence-corrected chi connectivity index (χ2v) is 10.1. The molecule has 174 valence electrons. The maximum absolute atomic E-state index is 10.9. The summed E-state index contributed by atoms with van der Waals surface area (Å²) in [5, 5.41) is 12.1. The van der Waals surface area contributed by atoms with Crippen molar-refractivity contribution in [3.8, 4) is 11.3 Å². The lowest BCUT2D eigenvalue weighted by atomic mass is 9.64. The zero-order valence-corrected chi connectivity index (χ0v) is 20.8. The first kappa shape index (κ1) is 22.5. The van der Waals surface area contributed by atoms with Crippen LogP contribution in [-0.2, 0) is 10.2 Å². The van der Waals surface area contributed by atoms with Gasteiger partial charge in [0.05, 0.1) is 5.39 Å². The average molecular weight is 454 g/mol. The first-order chi connectivity index (χ1) is 16.3. The molecule has 1 N–H and O–H groups in total. The Hall–Kier alpha value is -3.24. The number of ether oxygens (including phenoxy) is 1. The highest BCUT2D eigenvalue weighted by Gasteiger charge is 2.48. The molecule has 1 aliphatic carbocycles. The molecule has 2 aliphatic rings. The van der Waals surface area contributed by atoms with E-state index in [9.17, 15) is 5.11 Å². The molecule has 4 nitrogen and oxygen atoms in total. The fourth-order valence-electron chi connectivity index (χ4n) is 6.22. The fourth-order valence-corrected chi connectivity index (χ4v) is 6.22. The van der Waals surface area contributed by atoms with E-state index in [1.54, 1.807) is 7.11 Å². The van der Waals surface area contributed by atoms with Crippen molar-refractivity contribution in [2.24, 2.45) is 0 Å². The summed E-state index contributed by atoms with van der Waals surface area (Å²) in [6.45, 7) is 17.5. The molecular formula is C30H33N2O2+. The van der Waals surface area contributed by atoms with E-state index in [-0.39, 0.29) is 23.1 Å². The Kier molecular flexibility index (Phi) is 5.25. The van der Waals surface area contributed by atoms with Gasteiger partial charge < -0.3 is 9.84 Å². The summed E-state index contributed by atoms with van der Waals surface area (Å²) in [5.41, 5.74) is 10.4. The lowest BCUT2D eigenvalue weighted by Crippen LogP contribution is -2.51. The summed E-state index contributed by atoms with van der Waals surface area (Å²) in [6.07, 6.45) is 8.85. The van der Waals surface area contributed by atoms with Gasteiger partial charge in [0.15, 0.2) is 11.6 Å². The molecule has 2 atom stereocenters. The summed E-state index contributed by atoms with van der Waals surface area (Å²) in [5.74, 6) is 0.126. The highest BCUT2D eigenvalue weighted by atomic mass is 16.5. The molecule has 2 unspecified atom stereocenters. The van der Waals surface area contributed by atoms with Crippen LogP contribution >= 0.6 is 0 Å². The van der Waals surface area contributed by atoms with Crippen molar-refractivity contribution in [3.05, 3.63) is 82.9 Å². The predicted molar refractivity (Wildman–Crippen MR) is 139 cm³/mol. The molecule has 34 heavy (non-hydrogen) atoms. The molecule has 0 saturated carbocycles. The number of rotatable bonds is 6. The minimum absolute atomic E-state index is 0.0168. The maximum atomic E-state index is 10.9. The molecular weight excluding hydrogens is 420 g/mol. The van der Waals surface area contributed by atoms with E-state index in [0.717, 1.165) is 28.8 Å². The molecule has 0 amide bonds. The third-order valence-electron chi connectivity index (χ3n) is 7.68. The number of aryl methyl sites for hydroxylation is 1. The van der Waals surface area contributed by atoms with Crippen LogP contribution in [0.4, 0.5) is 0 Å². The van der Waals surface area contributed by atoms with Gasteiger partial charge in [0.1, 0.15) is 11.5 Å². The van der Waals surface area contributed by atoms with Gasteiger partial charge in [-0.3, -0.25) is 0 Å². The molecule has 4 heteroatoms. The lowest BCUT2D eigenvalue weighted by Gasteiger charge is -2.42. The maximum Gasteiger partial charge on any atom is 0.288 e. The van der Waals surface area contributed by atoms with E-state index in [1.807, 2.05) is 19.3 Å². The molecule has 2 aromatic carbocycles. The predicted octanol–water partition coefficient (Wildman–Crippen LogP) is 6.56. The van der Waals surface area contributed by atoms with Gasteiger partial charge in [0.2, 0.25) is 0 Å². The zero-order chi connectivity index (χ0) is 24.4. The number of allylic oxidation sites excluding steroid dienone is 2. The van der Waals surface area contributed by atoms with Crippen LogP contribution in [0, 0.1) is 6.92 Å². The molecule has 0 radical (unpaired) electrons. The first-order valence-electron chi connectivity index (χ1n) is 11.9. The van der Waals surface area contributed by atoms with Crippen LogP contribution in [-0.4, -0.2) is 23.8 Å². The molecule has 2 heterocycles. The quantitative estimate of drug-likeness (QED) is 0.340. The van der Waals surface area contributed by atoms with Crippen LogP contribution in [0.1, 0.15) is 72.5 Å². The van der Waals surface area contributed by atoms with E-state index >= 15 is 0 Å². The van der Waals surface area contributed by atoms with Crippen molar-refractivity contribution >= 4 is 23.1 Å². The molecule has 0 spiro atoms. The van der Waals surface area contributed by atoms with Crippen LogP contribution in [0.5, 0.6) is 0 Å². The SMILES string of the molecule is C=Cc1cc2c3c(c1/C=C\C)C(CCOC)C(C(=C)O)[n+]1cnc4cc(C)cc(c4c1-3)C2(C)C. The largest absolute Gasteiger partial charge is 0.508 e. The molecule has 5 rings (SSSR count). The Morgan fingerprint density at radius 3 is 2.68 bits per heavy atom. The smallest absolute Gasteiger partial charge is 0.288 e. The highest BCUT2D eigenvalue weighted by Crippen LogP contribution is 2.55. The Labute approximate surface area is 201 Å². The van der Waals surface area contributed by atoms with E-state index in [4.69, 9.17) is 9.72 Å². The summed E-state index contributed by atoms with van der Waals surface area (Å²) in [4.78, 5) is 4.87. The number of hydrogen-bond acceptors (Lipinski definition) is 3. The summed E-state index contributed by atoms with van der Waals surface area (Å²) in [6, 6.07) is 6.43. The van der Waals surface area contributed by atoms with Crippen molar-refractivity contribution in [1.82, 2.24) is 4.98 Å². The van der Waals surface area contributed by atoms with Crippen molar-refractivity contribution in [3.63, 3.8) is 0 Å². The van der Waals surface area contributed by atoms with Gasteiger partial charge in [-0.05, 0) is 70.8 Å². The van der Waals surface area contributed by atoms with Crippen LogP contribution in [0.25, 0.3) is 34.3 Å². The van der Waals surface area contributed by atoms with Gasteiger partial charge in [-0.15, -0.1) is 0 Å². The minimum atomic E-state index is -0.332. The molecule has 3 aromatic rings. The number of aliphatic hydroxyl groups is 1. The van der Waals surface area contributed by atoms with Crippen LogP contribution in [0.15, 0.2) is 49.5 Å². The third kappa shape index (κ3) is 2.94. The van der Waals surface area contributed by atoms with Gasteiger partial charge in [0, 0.05) is 30.6 Å². The van der Waals surface area contributed by atoms with Crippen molar-refractivity contribution < 1.29 is 14.4 Å². The standard InChI is InChI=1S/C30H32N2O2/c1-8-10-20-19(9-2)15-23-27-25(20)21(11-12-34-7)28(18(4)33)32-16-31-24-14-17(3)13-22(30(23,5)6)26(24)29(27)32/h8-10,13-16,21,28H,2,4,11-12H2,1,3,5-7H3/p+1/b10-8-. The number of methoxy groups -OCH3 is 1. The van der Waals surface area contributed by atoms with Gasteiger partial charge in [-0.1, -0.05) is 51.3 Å². The average Bonchev–Trinajstić information content (AvgIpc) is 2.80. The van der Waals surface area contributed by atoms with Crippen molar-refractivity contribution in [2.75, 3.05) is 13.7 Å². The first-order valence-corrected chi connectivity index (χ1v) is 11.9. The highest BCUT2D eigenvalue weighted by molar-refractivity contribution is 6.01. The van der Waals surface area contributed by atoms with Crippen LogP contribution in [0.3, 0.4) is 0 Å². The van der Waals surface area contributed by atoms with Gasteiger partial charge in [-0.2, -0.15) is 0 Å². The topological polar surface area (TPSA) is 46.2 Å². The van der Waals surface area contributed by atoms with Crippen molar-refractivity contribution in [2.45, 2.75) is 51.5 Å². The van der Waals surface area contributed by atoms with Gasteiger partial charge in [0.25, 0.3) is 6.33 Å². The summed E-state index contributed by atoms with van der Waals surface area (Å²) in [7, 11) is 1.72. The van der Waals surface area contributed by atoms with E-state index in [1.165, 1.54) is 33.2 Å². The van der Waals surface area contributed by atoms with Crippen LogP contribution in [0.2, 0.25) is 0 Å². The number of benzene rings is 2. The molecule has 0 saturated heterocycles. The fraction of sp³-hybridized carbons (Fsp3) is 0.333. The second kappa shape index (κ2) is 7.92. The second-order valence-electron chi connectivity index (χ2n) is 10.1. The normalized spacial score (nSPS) is 19.6. The Morgan fingerprint density at radius 2 is 2.03 bits per heavy atom. The number of aromatic nitrogens is 2. The molecule has 1 aliphatic heterocycles. The summed E-state index contributed by atoms with van der Waals surface area (Å²) >= 11 is 0. The summed E-state index contributed by atoms with van der Waals surface area (Å²) < 4.78 is 7.67. The van der Waals surface area contributed by atoms with E-state index in [2.05, 4.69) is 68.8 Å². The molecule has 0 bridgehead atoms. The van der Waals surface area contributed by atoms with E-state index in [0.29, 0.717) is 6.61 Å². The third-order valence-corrected chi connectivity index (χ3v) is 7.68. The zero-order valence-electron chi connectivity index (χ0n) is 20.8. The number of hydrogen-bond donors (Lipinski definition) is 1. The van der Waals surface area contributed by atoms with E-state index < -0.39 is 0 Å². The lowest BCUT2D eigenvalue weighted by molar-refractivity contribution is -0.714. The monoisotopic (exact) mass is 453 g/mol. The number of nitrogens with zero attached hydrogens (tertiary/aromatic N) is 2. The Balaban J connectivity index is 2.05. The van der Waals surface area contributed by atoms with Crippen LogP contribution < -0.4 is 4.57 Å². The number of aliphatic hydroxyl groups excluding tert-OH is 1. The molecule has 1 aromatic heterocycles. The Bertz CT molecular complexity index is 1400.